The molecular weight excluding hydrogens is 385 g/mol. The van der Waals surface area contributed by atoms with E-state index in [1.807, 2.05) is 0 Å². The molecule has 3 nitrogen and oxygen atoms in total. The van der Waals surface area contributed by atoms with Crippen LogP contribution < -0.4 is 4.90 Å². The maximum atomic E-state index is 8.93. The minimum atomic E-state index is 0.211. The highest BCUT2D eigenvalue weighted by molar-refractivity contribution is 14.1. The number of alkyl halides is 1. The normalized spacial score (nSPS) is 21.7. The lowest BCUT2D eigenvalue weighted by molar-refractivity contribution is 0.199. The van der Waals surface area contributed by atoms with Crippen LogP contribution in [-0.4, -0.2) is 34.5 Å². The zero-order valence-corrected chi connectivity index (χ0v) is 15.3. The van der Waals surface area contributed by atoms with Crippen LogP contribution in [0.15, 0.2) is 24.3 Å². The Balaban J connectivity index is 1.52. The van der Waals surface area contributed by atoms with Crippen LogP contribution in [-0.2, 0) is 6.54 Å². The summed E-state index contributed by atoms with van der Waals surface area (Å²) in [7, 11) is 0. The predicted molar refractivity (Wildman–Crippen MR) is 99.4 cm³/mol. The van der Waals surface area contributed by atoms with Crippen LogP contribution in [0.4, 0.5) is 5.69 Å². The van der Waals surface area contributed by atoms with Gasteiger partial charge in [0.05, 0.1) is 6.07 Å². The smallest absolute Gasteiger partial charge is 0.0635 e. The molecule has 2 aliphatic rings. The highest BCUT2D eigenvalue weighted by Gasteiger charge is 2.31. The lowest BCUT2D eigenvalue weighted by Gasteiger charge is -2.36. The second-order valence-electron chi connectivity index (χ2n) is 6.62. The van der Waals surface area contributed by atoms with Gasteiger partial charge in [0.25, 0.3) is 0 Å². The average Bonchev–Trinajstić information content (AvgIpc) is 3.05. The van der Waals surface area contributed by atoms with E-state index in [4.69, 9.17) is 5.26 Å². The fourth-order valence-electron chi connectivity index (χ4n) is 3.48. The van der Waals surface area contributed by atoms with Crippen molar-refractivity contribution >= 4 is 28.3 Å². The van der Waals surface area contributed by atoms with E-state index in [9.17, 15) is 0 Å². The van der Waals surface area contributed by atoms with Gasteiger partial charge in [-0.1, -0.05) is 34.7 Å². The number of hydrogen-bond acceptors (Lipinski definition) is 3. The number of likely N-dealkylation sites (tertiary alicyclic amines) is 1. The van der Waals surface area contributed by atoms with E-state index in [1.165, 1.54) is 37.2 Å². The van der Waals surface area contributed by atoms with Crippen molar-refractivity contribution in [2.24, 2.45) is 0 Å². The lowest BCUT2D eigenvalue weighted by Crippen LogP contribution is -2.40. The number of halogens is 1. The summed E-state index contributed by atoms with van der Waals surface area (Å²) in [5.41, 5.74) is 2.78. The third-order valence-corrected chi connectivity index (χ3v) is 6.42. The molecular formula is C18H24IN3. The second kappa shape index (κ2) is 7.18. The average molecular weight is 409 g/mol. The maximum absolute atomic E-state index is 8.93. The molecule has 0 aromatic heterocycles. The summed E-state index contributed by atoms with van der Waals surface area (Å²) in [6, 6.07) is 11.5. The van der Waals surface area contributed by atoms with E-state index < -0.39 is 0 Å². The second-order valence-corrected chi connectivity index (χ2v) is 8.91. The van der Waals surface area contributed by atoms with Crippen molar-refractivity contribution < 1.29 is 0 Å². The molecule has 0 saturated carbocycles. The van der Waals surface area contributed by atoms with Crippen molar-refractivity contribution in [1.29, 1.82) is 5.26 Å². The standard InChI is InChI=1S/C18H24IN3/c19-18(7-10-20)8-13-21(14-9-18)15-16-3-5-17(6-4-16)22-11-1-2-12-22/h3-6H,1-2,7-9,11-15H2. The van der Waals surface area contributed by atoms with Gasteiger partial charge in [-0.2, -0.15) is 5.26 Å². The maximum Gasteiger partial charge on any atom is 0.0635 e. The summed E-state index contributed by atoms with van der Waals surface area (Å²) < 4.78 is 0.211. The van der Waals surface area contributed by atoms with Gasteiger partial charge in [-0.05, 0) is 56.5 Å². The van der Waals surface area contributed by atoms with Crippen molar-refractivity contribution in [1.82, 2.24) is 4.90 Å². The van der Waals surface area contributed by atoms with Gasteiger partial charge in [0.15, 0.2) is 0 Å². The fourth-order valence-corrected chi connectivity index (χ4v) is 4.13. The fraction of sp³-hybridized carbons (Fsp3) is 0.611. The Morgan fingerprint density at radius 1 is 1.05 bits per heavy atom. The Kier molecular flexibility index (Phi) is 5.25. The zero-order chi connectivity index (χ0) is 15.4. The van der Waals surface area contributed by atoms with Crippen LogP contribution in [0.2, 0.25) is 0 Å². The first-order valence-electron chi connectivity index (χ1n) is 8.31. The van der Waals surface area contributed by atoms with Crippen LogP contribution in [0.3, 0.4) is 0 Å². The summed E-state index contributed by atoms with van der Waals surface area (Å²) in [4.78, 5) is 5.01. The highest BCUT2D eigenvalue weighted by Crippen LogP contribution is 2.35. The van der Waals surface area contributed by atoms with E-state index >= 15 is 0 Å². The Morgan fingerprint density at radius 3 is 2.27 bits per heavy atom. The SMILES string of the molecule is N#CCC1(I)CCN(Cc2ccc(N3CCCC3)cc2)CC1. The van der Waals surface area contributed by atoms with Gasteiger partial charge in [0.1, 0.15) is 0 Å². The first kappa shape index (κ1) is 16.1. The first-order chi connectivity index (χ1) is 10.7. The Hall–Kier alpha value is -0.800. The molecule has 2 fully saturated rings. The third kappa shape index (κ3) is 3.94. The lowest BCUT2D eigenvalue weighted by atomic mass is 9.94. The third-order valence-electron chi connectivity index (χ3n) is 4.96. The molecule has 0 N–H and O–H groups in total. The molecule has 0 aliphatic carbocycles. The van der Waals surface area contributed by atoms with Gasteiger partial charge in [0.2, 0.25) is 0 Å². The molecule has 4 heteroatoms. The molecule has 0 radical (unpaired) electrons. The predicted octanol–water partition coefficient (Wildman–Crippen LogP) is 3.97. The van der Waals surface area contributed by atoms with Gasteiger partial charge in [-0.25, -0.2) is 0 Å². The molecule has 0 atom stereocenters. The summed E-state index contributed by atoms with van der Waals surface area (Å²) in [5.74, 6) is 0. The van der Waals surface area contributed by atoms with E-state index in [1.54, 1.807) is 0 Å². The van der Waals surface area contributed by atoms with Crippen LogP contribution in [0.5, 0.6) is 0 Å². The molecule has 22 heavy (non-hydrogen) atoms. The number of nitriles is 1. The van der Waals surface area contributed by atoms with E-state index in [0.717, 1.165) is 32.5 Å². The van der Waals surface area contributed by atoms with E-state index in [-0.39, 0.29) is 3.42 Å². The molecule has 1 aromatic rings. The highest BCUT2D eigenvalue weighted by atomic mass is 127. The molecule has 2 saturated heterocycles. The molecule has 0 spiro atoms. The molecule has 0 bridgehead atoms. The van der Waals surface area contributed by atoms with Crippen molar-refractivity contribution in [2.75, 3.05) is 31.1 Å². The number of benzene rings is 1. The summed E-state index contributed by atoms with van der Waals surface area (Å²) in [6.45, 7) is 5.68. The van der Waals surface area contributed by atoms with Gasteiger partial charge < -0.3 is 4.90 Å². The summed E-state index contributed by atoms with van der Waals surface area (Å²) >= 11 is 2.50. The Morgan fingerprint density at radius 2 is 1.68 bits per heavy atom. The number of rotatable bonds is 4. The molecule has 1 aromatic carbocycles. The van der Waals surface area contributed by atoms with Crippen LogP contribution in [0.25, 0.3) is 0 Å². The topological polar surface area (TPSA) is 30.3 Å². The van der Waals surface area contributed by atoms with E-state index in [0.29, 0.717) is 6.42 Å². The van der Waals surface area contributed by atoms with Crippen molar-refractivity contribution in [3.63, 3.8) is 0 Å². The van der Waals surface area contributed by atoms with Crippen LogP contribution in [0, 0.1) is 11.3 Å². The molecule has 3 rings (SSSR count). The molecule has 2 heterocycles. The molecule has 118 valence electrons. The number of piperidine rings is 1. The van der Waals surface area contributed by atoms with Crippen molar-refractivity contribution in [2.45, 2.75) is 42.1 Å². The minimum Gasteiger partial charge on any atom is -0.372 e. The summed E-state index contributed by atoms with van der Waals surface area (Å²) in [5, 5.41) is 8.93. The monoisotopic (exact) mass is 409 g/mol. The van der Waals surface area contributed by atoms with Gasteiger partial charge in [0, 0.05) is 35.2 Å². The number of hydrogen-bond donors (Lipinski definition) is 0. The number of nitrogens with zero attached hydrogens (tertiary/aromatic N) is 3. The van der Waals surface area contributed by atoms with Gasteiger partial charge in [-0.3, -0.25) is 4.90 Å². The van der Waals surface area contributed by atoms with Crippen molar-refractivity contribution in [3.8, 4) is 6.07 Å². The molecule has 0 amide bonds. The Bertz CT molecular complexity index is 520. The molecule has 2 aliphatic heterocycles. The number of anilines is 1. The Labute approximate surface area is 147 Å². The minimum absolute atomic E-state index is 0.211. The quantitative estimate of drug-likeness (QED) is 0.557. The van der Waals surface area contributed by atoms with Crippen molar-refractivity contribution in [3.05, 3.63) is 29.8 Å². The molecule has 0 unspecified atom stereocenters. The van der Waals surface area contributed by atoms with E-state index in [2.05, 4.69) is 62.7 Å². The van der Waals surface area contributed by atoms with Crippen LogP contribution >= 0.6 is 22.6 Å². The van der Waals surface area contributed by atoms with Crippen LogP contribution in [0.1, 0.15) is 37.7 Å². The first-order valence-corrected chi connectivity index (χ1v) is 9.39. The van der Waals surface area contributed by atoms with Gasteiger partial charge in [-0.15, -0.1) is 0 Å². The van der Waals surface area contributed by atoms with Gasteiger partial charge >= 0.3 is 0 Å². The largest absolute Gasteiger partial charge is 0.372 e. The summed E-state index contributed by atoms with van der Waals surface area (Å²) in [6.07, 6.45) is 5.61. The zero-order valence-electron chi connectivity index (χ0n) is 13.1.